The van der Waals surface area contributed by atoms with Gasteiger partial charge in [0.2, 0.25) is 0 Å². The molecule has 1 saturated carbocycles. The Morgan fingerprint density at radius 1 is 1.09 bits per heavy atom. The molecule has 0 bridgehead atoms. The summed E-state index contributed by atoms with van der Waals surface area (Å²) in [5, 5.41) is 3.51. The Balaban J connectivity index is 1.24. The number of rotatable bonds is 7. The number of pyridine rings is 1. The van der Waals surface area contributed by atoms with Crippen LogP contribution in [0.5, 0.6) is 0 Å². The average molecular weight is 459 g/mol. The zero-order chi connectivity index (χ0) is 22.5. The molecule has 2 aliphatic rings. The van der Waals surface area contributed by atoms with E-state index in [4.69, 9.17) is 0 Å². The molecular formula is C29H34N2OS. The van der Waals surface area contributed by atoms with E-state index in [1.807, 2.05) is 24.4 Å². The van der Waals surface area contributed by atoms with Gasteiger partial charge in [-0.1, -0.05) is 43.9 Å². The second-order valence-electron chi connectivity index (χ2n) is 9.64. The topological polar surface area (TPSA) is 33.2 Å². The highest BCUT2D eigenvalue weighted by molar-refractivity contribution is 7.17. The van der Waals surface area contributed by atoms with Crippen molar-refractivity contribution in [1.29, 1.82) is 0 Å². The van der Waals surface area contributed by atoms with Crippen LogP contribution in [0.4, 0.5) is 0 Å². The van der Waals surface area contributed by atoms with Gasteiger partial charge in [-0.25, -0.2) is 0 Å². The lowest BCUT2D eigenvalue weighted by atomic mass is 9.83. The highest BCUT2D eigenvalue weighted by Crippen LogP contribution is 2.32. The summed E-state index contributed by atoms with van der Waals surface area (Å²) >= 11 is 1.80. The summed E-state index contributed by atoms with van der Waals surface area (Å²) in [6.07, 6.45) is 13.2. The molecule has 3 nitrogen and oxygen atoms in total. The van der Waals surface area contributed by atoms with E-state index in [9.17, 15) is 4.79 Å². The van der Waals surface area contributed by atoms with Gasteiger partial charge in [-0.15, -0.1) is 11.3 Å². The molecule has 0 radical (unpaired) electrons. The Kier molecular flexibility index (Phi) is 7.33. The number of ketones is 1. The number of hydrogen-bond donors (Lipinski definition) is 0. The number of thiophene rings is 1. The number of carbonyl (C=O) groups excluding carboxylic acids is 1. The summed E-state index contributed by atoms with van der Waals surface area (Å²) in [4.78, 5) is 20.7. The molecular weight excluding hydrogens is 424 g/mol. The SMILES string of the molecule is O=C(C1CCCCCC1)C(CCN1CC=C(c2ccc3sccc3c2)CC1)c1ccccn1. The molecule has 3 aromatic rings. The fraction of sp³-hybridized carbons (Fsp3) is 0.448. The maximum atomic E-state index is 13.6. The quantitative estimate of drug-likeness (QED) is 0.354. The zero-order valence-corrected chi connectivity index (χ0v) is 20.2. The third-order valence-electron chi connectivity index (χ3n) is 7.50. The second-order valence-corrected chi connectivity index (χ2v) is 10.6. The van der Waals surface area contributed by atoms with E-state index in [0.29, 0.717) is 5.78 Å². The molecule has 0 spiro atoms. The van der Waals surface area contributed by atoms with Gasteiger partial charge >= 0.3 is 0 Å². The summed E-state index contributed by atoms with van der Waals surface area (Å²) in [7, 11) is 0. The maximum absolute atomic E-state index is 13.6. The first-order valence-corrected chi connectivity index (χ1v) is 13.5. The molecule has 33 heavy (non-hydrogen) atoms. The Labute approximate surface area is 201 Å². The Hall–Kier alpha value is -2.30. The van der Waals surface area contributed by atoms with Crippen molar-refractivity contribution in [2.75, 3.05) is 19.6 Å². The first-order chi connectivity index (χ1) is 16.3. The number of nitrogens with zero attached hydrogens (tertiary/aromatic N) is 2. The minimum atomic E-state index is -0.0688. The molecule has 4 heteroatoms. The molecule has 1 unspecified atom stereocenters. The van der Waals surface area contributed by atoms with Crippen molar-refractivity contribution in [3.05, 3.63) is 71.4 Å². The van der Waals surface area contributed by atoms with Gasteiger partial charge in [-0.3, -0.25) is 14.7 Å². The fourth-order valence-electron chi connectivity index (χ4n) is 5.52. The lowest BCUT2D eigenvalue weighted by Gasteiger charge is -2.29. The van der Waals surface area contributed by atoms with Crippen LogP contribution in [-0.2, 0) is 4.79 Å². The minimum absolute atomic E-state index is 0.0688. The molecule has 1 aromatic carbocycles. The smallest absolute Gasteiger partial charge is 0.145 e. The molecule has 172 valence electrons. The van der Waals surface area contributed by atoms with Crippen LogP contribution in [-0.4, -0.2) is 35.3 Å². The average Bonchev–Trinajstić information content (AvgIpc) is 3.17. The number of aromatic nitrogens is 1. The van der Waals surface area contributed by atoms with Crippen LogP contribution in [0.3, 0.4) is 0 Å². The zero-order valence-electron chi connectivity index (χ0n) is 19.4. The van der Waals surface area contributed by atoms with E-state index in [1.165, 1.54) is 46.9 Å². The predicted octanol–water partition coefficient (Wildman–Crippen LogP) is 7.10. The summed E-state index contributed by atoms with van der Waals surface area (Å²) in [5.41, 5.74) is 3.77. The van der Waals surface area contributed by atoms with Crippen molar-refractivity contribution < 1.29 is 4.79 Å². The maximum Gasteiger partial charge on any atom is 0.145 e. The van der Waals surface area contributed by atoms with E-state index >= 15 is 0 Å². The summed E-state index contributed by atoms with van der Waals surface area (Å²) in [5.74, 6) is 0.591. The van der Waals surface area contributed by atoms with E-state index in [0.717, 1.165) is 51.0 Å². The second kappa shape index (κ2) is 10.8. The largest absolute Gasteiger partial charge is 0.299 e. The summed E-state index contributed by atoms with van der Waals surface area (Å²) < 4.78 is 1.36. The van der Waals surface area contributed by atoms with Crippen molar-refractivity contribution >= 4 is 32.8 Å². The lowest BCUT2D eigenvalue weighted by Crippen LogP contribution is -2.32. The predicted molar refractivity (Wildman–Crippen MR) is 139 cm³/mol. The molecule has 1 aliphatic carbocycles. The van der Waals surface area contributed by atoms with Gasteiger partial charge in [-0.2, -0.15) is 0 Å². The molecule has 1 atom stereocenters. The monoisotopic (exact) mass is 458 g/mol. The van der Waals surface area contributed by atoms with Crippen LogP contribution in [0, 0.1) is 5.92 Å². The Morgan fingerprint density at radius 2 is 1.97 bits per heavy atom. The van der Waals surface area contributed by atoms with Crippen LogP contribution in [0.2, 0.25) is 0 Å². The summed E-state index contributed by atoms with van der Waals surface area (Å²) in [6.45, 7) is 2.97. The van der Waals surface area contributed by atoms with E-state index in [1.54, 1.807) is 11.3 Å². The molecule has 2 aromatic heterocycles. The Morgan fingerprint density at radius 3 is 2.73 bits per heavy atom. The molecule has 1 aliphatic heterocycles. The van der Waals surface area contributed by atoms with Gasteiger partial charge in [0.25, 0.3) is 0 Å². The fourth-order valence-corrected chi connectivity index (χ4v) is 6.29. The standard InChI is InChI=1S/C29H34N2OS/c32-29(23-7-3-1-2-4-8-23)26(27-9-5-6-16-30-27)14-19-31-17-12-22(13-18-31)24-10-11-28-25(21-24)15-20-33-28/h5-6,9-12,15-16,20-21,23,26H,1-4,7-8,13-14,17-19H2. The third-order valence-corrected chi connectivity index (χ3v) is 8.39. The highest BCUT2D eigenvalue weighted by atomic mass is 32.1. The normalized spacial score (nSPS) is 19.2. The molecule has 3 heterocycles. The van der Waals surface area contributed by atoms with Crippen molar-refractivity contribution in [2.45, 2.75) is 57.3 Å². The van der Waals surface area contributed by atoms with Crippen molar-refractivity contribution in [2.24, 2.45) is 5.92 Å². The number of benzene rings is 1. The number of carbonyl (C=O) groups is 1. The van der Waals surface area contributed by atoms with Gasteiger partial charge in [-0.05, 0) is 84.5 Å². The third kappa shape index (κ3) is 5.44. The molecule has 0 amide bonds. The van der Waals surface area contributed by atoms with Crippen LogP contribution >= 0.6 is 11.3 Å². The molecule has 5 rings (SSSR count). The molecule has 0 saturated heterocycles. The van der Waals surface area contributed by atoms with Gasteiger partial charge in [0.1, 0.15) is 5.78 Å². The first kappa shape index (κ1) is 22.5. The van der Waals surface area contributed by atoms with Gasteiger partial charge in [0.15, 0.2) is 0 Å². The van der Waals surface area contributed by atoms with E-state index in [-0.39, 0.29) is 11.8 Å². The van der Waals surface area contributed by atoms with Gasteiger partial charge in [0.05, 0.1) is 11.6 Å². The van der Waals surface area contributed by atoms with Crippen molar-refractivity contribution in [3.63, 3.8) is 0 Å². The van der Waals surface area contributed by atoms with Gasteiger partial charge < -0.3 is 0 Å². The molecule has 0 N–H and O–H groups in total. The van der Waals surface area contributed by atoms with E-state index in [2.05, 4.69) is 45.6 Å². The van der Waals surface area contributed by atoms with E-state index < -0.39 is 0 Å². The van der Waals surface area contributed by atoms with Gasteiger partial charge in [0, 0.05) is 29.9 Å². The van der Waals surface area contributed by atoms with Crippen LogP contribution < -0.4 is 0 Å². The van der Waals surface area contributed by atoms with Crippen LogP contribution in [0.15, 0.2) is 60.1 Å². The van der Waals surface area contributed by atoms with Crippen LogP contribution in [0.25, 0.3) is 15.7 Å². The summed E-state index contributed by atoms with van der Waals surface area (Å²) in [6, 6.07) is 15.1. The lowest BCUT2D eigenvalue weighted by molar-refractivity contribution is -0.125. The highest BCUT2D eigenvalue weighted by Gasteiger charge is 2.30. The molecule has 1 fully saturated rings. The van der Waals surface area contributed by atoms with Crippen molar-refractivity contribution in [3.8, 4) is 0 Å². The number of Topliss-reactive ketones (excluding diaryl/α,β-unsaturated/α-hetero) is 1. The minimum Gasteiger partial charge on any atom is -0.299 e. The Bertz CT molecular complexity index is 1100. The van der Waals surface area contributed by atoms with Crippen molar-refractivity contribution in [1.82, 2.24) is 9.88 Å². The van der Waals surface area contributed by atoms with Crippen LogP contribution in [0.1, 0.15) is 68.5 Å². The number of hydrogen-bond acceptors (Lipinski definition) is 4. The first-order valence-electron chi connectivity index (χ1n) is 12.6. The number of fused-ring (bicyclic) bond motifs is 1.